The summed E-state index contributed by atoms with van der Waals surface area (Å²) in [4.78, 5) is 25.1. The first-order chi connectivity index (χ1) is 17.2. The number of aromatic nitrogens is 5. The Morgan fingerprint density at radius 3 is 2.57 bits per heavy atom. The van der Waals surface area contributed by atoms with Crippen LogP contribution < -0.4 is 5.32 Å². The van der Waals surface area contributed by atoms with E-state index < -0.39 is 5.91 Å². The molecule has 35 heavy (non-hydrogen) atoms. The molecule has 0 radical (unpaired) electrons. The van der Waals surface area contributed by atoms with Gasteiger partial charge in [-0.1, -0.05) is 24.3 Å². The van der Waals surface area contributed by atoms with Gasteiger partial charge in [0.15, 0.2) is 11.6 Å². The first kappa shape index (κ1) is 21.4. The first-order valence-corrected chi connectivity index (χ1v) is 10.3. The van der Waals surface area contributed by atoms with E-state index in [0.717, 1.165) is 0 Å². The average molecular weight is 461 g/mol. The lowest BCUT2D eigenvalue weighted by Crippen LogP contribution is -2.12. The van der Waals surface area contributed by atoms with Crippen molar-refractivity contribution in [2.24, 2.45) is 10.2 Å². The van der Waals surface area contributed by atoms with E-state index in [9.17, 15) is 15.2 Å². The average Bonchev–Trinajstić information content (AvgIpc) is 3.32. The summed E-state index contributed by atoms with van der Waals surface area (Å²) in [6, 6.07) is 15.6. The third-order valence-electron chi connectivity index (χ3n) is 5.03. The van der Waals surface area contributed by atoms with Gasteiger partial charge >= 0.3 is 0 Å². The van der Waals surface area contributed by atoms with Crippen LogP contribution in [0, 0.1) is 11.3 Å². The van der Waals surface area contributed by atoms with E-state index in [1.165, 1.54) is 23.3 Å². The van der Waals surface area contributed by atoms with Crippen molar-refractivity contribution in [1.82, 2.24) is 24.7 Å². The highest BCUT2D eigenvalue weighted by Crippen LogP contribution is 2.40. The summed E-state index contributed by atoms with van der Waals surface area (Å²) < 4.78 is 1.27. The van der Waals surface area contributed by atoms with Crippen LogP contribution in [0.2, 0.25) is 0 Å². The van der Waals surface area contributed by atoms with E-state index in [0.29, 0.717) is 16.5 Å². The molecule has 0 saturated heterocycles. The second-order valence-corrected chi connectivity index (χ2v) is 7.19. The van der Waals surface area contributed by atoms with Gasteiger partial charge in [0.1, 0.15) is 17.3 Å². The maximum atomic E-state index is 13.0. The highest BCUT2D eigenvalue weighted by molar-refractivity contribution is 6.11. The summed E-state index contributed by atoms with van der Waals surface area (Å²) in [7, 11) is 0. The number of rotatable bonds is 5. The summed E-state index contributed by atoms with van der Waals surface area (Å²) in [6.07, 6.45) is 7.47. The van der Waals surface area contributed by atoms with E-state index in [1.807, 2.05) is 6.07 Å². The molecule has 0 aliphatic heterocycles. The highest BCUT2D eigenvalue weighted by Gasteiger charge is 2.20. The molecule has 2 aromatic carbocycles. The van der Waals surface area contributed by atoms with Gasteiger partial charge in [-0.3, -0.25) is 9.78 Å². The van der Waals surface area contributed by atoms with Crippen LogP contribution in [-0.4, -0.2) is 35.7 Å². The maximum Gasteiger partial charge on any atom is 0.259 e. The molecule has 0 aliphatic carbocycles. The Balaban J connectivity index is 1.61. The van der Waals surface area contributed by atoms with Gasteiger partial charge in [-0.2, -0.15) is 15.0 Å². The van der Waals surface area contributed by atoms with Crippen molar-refractivity contribution < 1.29 is 9.90 Å². The molecular weight excluding hydrogens is 446 g/mol. The number of carbonyl (C=O) groups excluding carboxylic acids is 1. The van der Waals surface area contributed by atoms with Crippen molar-refractivity contribution in [3.05, 3.63) is 90.6 Å². The third kappa shape index (κ3) is 4.14. The number of anilines is 1. The quantitative estimate of drug-likeness (QED) is 0.366. The molecule has 0 aliphatic rings. The van der Waals surface area contributed by atoms with Gasteiger partial charge in [0, 0.05) is 35.9 Å². The molecule has 2 N–H and O–H groups in total. The molecule has 11 heteroatoms. The number of amides is 1. The number of hydrogen-bond acceptors (Lipinski definition) is 9. The van der Waals surface area contributed by atoms with Gasteiger partial charge in [0.05, 0.1) is 11.8 Å². The maximum absolute atomic E-state index is 13.0. The molecule has 0 saturated carbocycles. The number of phenolic OH excluding ortho intramolecular Hbond substituents is 1. The normalized spacial score (nSPS) is 10.9. The largest absolute Gasteiger partial charge is 0.505 e. The Labute approximate surface area is 198 Å². The Kier molecular flexibility index (Phi) is 5.59. The number of pyridine rings is 1. The van der Waals surface area contributed by atoms with Gasteiger partial charge in [0.2, 0.25) is 0 Å². The van der Waals surface area contributed by atoms with Gasteiger partial charge in [-0.05, 0) is 29.7 Å². The molecule has 3 aromatic heterocycles. The standard InChI is InChI=1S/C24H15N9O2/c25-13-16-14-29-33(24-27-8-3-9-28-24)22(16)32-31-20-18-5-2-1-4-15(18)12-19(21(20)34)23(35)30-17-6-10-26-11-7-17/h1-12,14,34H,(H,26,30,35)/b32-31+. The molecular formula is C24H15N9O2. The Bertz CT molecular complexity index is 1610. The minimum atomic E-state index is -0.531. The van der Waals surface area contributed by atoms with Crippen LogP contribution in [0.1, 0.15) is 15.9 Å². The SMILES string of the molecule is N#Cc1cnn(-c2ncccn2)c1/N=N/c1c(O)c(C(=O)Nc2ccncc2)cc2ccccc12. The Morgan fingerprint density at radius 1 is 1.03 bits per heavy atom. The Hall–Kier alpha value is -5.50. The van der Waals surface area contributed by atoms with Crippen LogP contribution in [0.4, 0.5) is 17.2 Å². The topological polar surface area (TPSA) is 154 Å². The number of aromatic hydroxyl groups is 1. The van der Waals surface area contributed by atoms with Crippen molar-refractivity contribution in [2.45, 2.75) is 0 Å². The molecule has 11 nitrogen and oxygen atoms in total. The lowest BCUT2D eigenvalue weighted by atomic mass is 10.0. The van der Waals surface area contributed by atoms with Crippen molar-refractivity contribution in [3.63, 3.8) is 0 Å². The molecule has 0 atom stereocenters. The van der Waals surface area contributed by atoms with Crippen LogP contribution in [0.5, 0.6) is 5.75 Å². The predicted molar refractivity (Wildman–Crippen MR) is 126 cm³/mol. The fraction of sp³-hybridized carbons (Fsp3) is 0. The molecule has 5 aromatic rings. The van der Waals surface area contributed by atoms with E-state index in [-0.39, 0.29) is 34.3 Å². The van der Waals surface area contributed by atoms with Crippen molar-refractivity contribution in [3.8, 4) is 17.8 Å². The van der Waals surface area contributed by atoms with Gasteiger partial charge in [0.25, 0.3) is 11.9 Å². The molecule has 168 valence electrons. The van der Waals surface area contributed by atoms with Crippen molar-refractivity contribution in [1.29, 1.82) is 5.26 Å². The monoisotopic (exact) mass is 461 g/mol. The molecule has 3 heterocycles. The number of nitrogens with one attached hydrogen (secondary N) is 1. The summed E-state index contributed by atoms with van der Waals surface area (Å²) >= 11 is 0. The fourth-order valence-electron chi connectivity index (χ4n) is 3.39. The number of benzene rings is 2. The highest BCUT2D eigenvalue weighted by atomic mass is 16.3. The van der Waals surface area contributed by atoms with Gasteiger partial charge in [-0.15, -0.1) is 10.2 Å². The van der Waals surface area contributed by atoms with E-state index in [2.05, 4.69) is 35.6 Å². The predicted octanol–water partition coefficient (Wildman–Crippen LogP) is 4.46. The molecule has 0 fully saturated rings. The minimum Gasteiger partial charge on any atom is -0.505 e. The summed E-state index contributed by atoms with van der Waals surface area (Å²) in [5, 5.41) is 37.1. The number of carbonyl (C=O) groups is 1. The smallest absolute Gasteiger partial charge is 0.259 e. The van der Waals surface area contributed by atoms with Crippen LogP contribution >= 0.6 is 0 Å². The van der Waals surface area contributed by atoms with Crippen LogP contribution in [0.3, 0.4) is 0 Å². The fourth-order valence-corrected chi connectivity index (χ4v) is 3.39. The van der Waals surface area contributed by atoms with Crippen LogP contribution in [-0.2, 0) is 0 Å². The molecule has 0 spiro atoms. The second-order valence-electron chi connectivity index (χ2n) is 7.19. The Morgan fingerprint density at radius 2 is 1.80 bits per heavy atom. The van der Waals surface area contributed by atoms with E-state index >= 15 is 0 Å². The number of fused-ring (bicyclic) bond motifs is 1. The molecule has 0 unspecified atom stereocenters. The van der Waals surface area contributed by atoms with Gasteiger partial charge in [-0.25, -0.2) is 9.97 Å². The van der Waals surface area contributed by atoms with E-state index in [4.69, 9.17) is 0 Å². The van der Waals surface area contributed by atoms with Crippen LogP contribution in [0.25, 0.3) is 16.7 Å². The van der Waals surface area contributed by atoms with E-state index in [1.54, 1.807) is 60.9 Å². The summed E-state index contributed by atoms with van der Waals surface area (Å²) in [5.41, 5.74) is 0.728. The number of azo groups is 1. The molecule has 1 amide bonds. The zero-order valence-electron chi connectivity index (χ0n) is 17.9. The zero-order chi connectivity index (χ0) is 24.2. The minimum absolute atomic E-state index is 0.00914. The lowest BCUT2D eigenvalue weighted by Gasteiger charge is -2.11. The molecule has 0 bridgehead atoms. The van der Waals surface area contributed by atoms with Crippen molar-refractivity contribution in [2.75, 3.05) is 5.32 Å². The number of nitriles is 1. The zero-order valence-corrected chi connectivity index (χ0v) is 17.9. The second kappa shape index (κ2) is 9.16. The van der Waals surface area contributed by atoms with Crippen LogP contribution in [0.15, 0.2) is 89.7 Å². The number of hydrogen-bond donors (Lipinski definition) is 2. The summed E-state index contributed by atoms with van der Waals surface area (Å²) in [6.45, 7) is 0. The molecule has 5 rings (SSSR count). The third-order valence-corrected chi connectivity index (χ3v) is 5.03. The number of phenols is 1. The first-order valence-electron chi connectivity index (χ1n) is 10.3. The number of nitrogens with zero attached hydrogens (tertiary/aromatic N) is 8. The summed E-state index contributed by atoms with van der Waals surface area (Å²) in [5.74, 6) is -0.618. The van der Waals surface area contributed by atoms with Crippen molar-refractivity contribution >= 4 is 33.9 Å². The lowest BCUT2D eigenvalue weighted by molar-refractivity contribution is 0.102. The van der Waals surface area contributed by atoms with Gasteiger partial charge < -0.3 is 10.4 Å².